The first-order valence-electron chi connectivity index (χ1n) is 9.32. The molecule has 5 heteroatoms. The fourth-order valence-electron chi connectivity index (χ4n) is 2.79. The summed E-state index contributed by atoms with van der Waals surface area (Å²) >= 11 is 0. The fraction of sp³-hybridized carbons (Fsp3) is 0.650. The Morgan fingerprint density at radius 3 is 2.40 bits per heavy atom. The third-order valence-corrected chi connectivity index (χ3v) is 4.39. The topological polar surface area (TPSA) is 56.6 Å². The molecule has 0 spiro atoms. The van der Waals surface area contributed by atoms with Gasteiger partial charge in [0, 0.05) is 25.1 Å². The van der Waals surface area contributed by atoms with Gasteiger partial charge in [-0.15, -0.1) is 0 Å². The minimum Gasteiger partial charge on any atom is -0.396 e. The molecule has 142 valence electrons. The number of aliphatic hydroxyl groups is 1. The Morgan fingerprint density at radius 1 is 1.16 bits per heavy atom. The number of hydrogen-bond donors (Lipinski definition) is 3. The minimum atomic E-state index is -0.219. The van der Waals surface area contributed by atoms with Gasteiger partial charge in [-0.05, 0) is 43.4 Å². The number of aliphatic hydroxyl groups excluding tert-OH is 1. The number of hydrogen-bond acceptors (Lipinski definition) is 2. The summed E-state index contributed by atoms with van der Waals surface area (Å²) < 4.78 is 13.1. The normalized spacial score (nSPS) is 13.6. The molecule has 0 saturated heterocycles. The van der Waals surface area contributed by atoms with Gasteiger partial charge < -0.3 is 15.7 Å². The Bertz CT molecular complexity index is 508. The molecule has 0 amide bonds. The lowest BCUT2D eigenvalue weighted by Crippen LogP contribution is -2.41. The second-order valence-corrected chi connectivity index (χ2v) is 7.13. The summed E-state index contributed by atoms with van der Waals surface area (Å²) in [6.07, 6.45) is 3.01. The van der Waals surface area contributed by atoms with Crippen LogP contribution in [-0.2, 0) is 5.41 Å². The zero-order valence-corrected chi connectivity index (χ0v) is 16.1. The average molecular weight is 352 g/mol. The van der Waals surface area contributed by atoms with Crippen molar-refractivity contribution in [1.82, 2.24) is 10.6 Å². The minimum absolute atomic E-state index is 0.177. The van der Waals surface area contributed by atoms with Crippen molar-refractivity contribution >= 4 is 5.96 Å². The van der Waals surface area contributed by atoms with Crippen LogP contribution in [0.15, 0.2) is 29.3 Å². The van der Waals surface area contributed by atoms with E-state index in [1.54, 1.807) is 0 Å². The van der Waals surface area contributed by atoms with Crippen molar-refractivity contribution in [3.8, 4) is 0 Å². The number of guanidine groups is 1. The molecule has 1 rings (SSSR count). The first-order valence-corrected chi connectivity index (χ1v) is 9.32. The van der Waals surface area contributed by atoms with Crippen LogP contribution in [0.3, 0.4) is 0 Å². The van der Waals surface area contributed by atoms with E-state index in [9.17, 15) is 9.50 Å². The summed E-state index contributed by atoms with van der Waals surface area (Å²) in [6, 6.07) is 6.64. The number of benzene rings is 1. The van der Waals surface area contributed by atoms with Crippen molar-refractivity contribution in [1.29, 1.82) is 0 Å². The van der Waals surface area contributed by atoms with Gasteiger partial charge in [0.25, 0.3) is 0 Å². The summed E-state index contributed by atoms with van der Waals surface area (Å²) in [5, 5.41) is 15.9. The second-order valence-electron chi connectivity index (χ2n) is 7.13. The van der Waals surface area contributed by atoms with Gasteiger partial charge in [0.15, 0.2) is 5.96 Å². The van der Waals surface area contributed by atoms with Crippen LogP contribution in [0.1, 0.15) is 52.5 Å². The van der Waals surface area contributed by atoms with E-state index in [2.05, 4.69) is 31.4 Å². The van der Waals surface area contributed by atoms with Gasteiger partial charge in [0.05, 0.1) is 6.54 Å². The maximum absolute atomic E-state index is 13.1. The summed E-state index contributed by atoms with van der Waals surface area (Å²) in [5.41, 5.74) is 0.891. The predicted octanol–water partition coefficient (Wildman–Crippen LogP) is 3.46. The van der Waals surface area contributed by atoms with E-state index in [1.807, 2.05) is 19.1 Å². The zero-order chi connectivity index (χ0) is 18.7. The highest BCUT2D eigenvalue weighted by atomic mass is 19.1. The number of halogens is 1. The molecule has 0 saturated carbocycles. The van der Waals surface area contributed by atoms with E-state index in [-0.39, 0.29) is 17.8 Å². The summed E-state index contributed by atoms with van der Waals surface area (Å²) in [4.78, 5) is 4.71. The smallest absolute Gasteiger partial charge is 0.191 e. The van der Waals surface area contributed by atoms with Crippen LogP contribution >= 0.6 is 0 Å². The molecule has 0 bridgehead atoms. The Balaban J connectivity index is 2.71. The molecular formula is C20H34FN3O. The highest BCUT2D eigenvalue weighted by Gasteiger charge is 2.20. The first-order chi connectivity index (χ1) is 11.9. The lowest BCUT2D eigenvalue weighted by atomic mass is 9.85. The van der Waals surface area contributed by atoms with Gasteiger partial charge in [0.2, 0.25) is 0 Å². The van der Waals surface area contributed by atoms with Crippen LogP contribution in [0, 0.1) is 11.7 Å². The predicted molar refractivity (Wildman–Crippen MR) is 104 cm³/mol. The zero-order valence-electron chi connectivity index (χ0n) is 16.1. The molecule has 1 aromatic carbocycles. The molecule has 0 fully saturated rings. The van der Waals surface area contributed by atoms with E-state index >= 15 is 0 Å². The van der Waals surface area contributed by atoms with Gasteiger partial charge >= 0.3 is 0 Å². The Kier molecular flexibility index (Phi) is 9.50. The van der Waals surface area contributed by atoms with Crippen molar-refractivity contribution in [2.45, 2.75) is 52.4 Å². The number of nitrogens with zero attached hydrogens (tertiary/aromatic N) is 1. The van der Waals surface area contributed by atoms with Crippen molar-refractivity contribution in [3.63, 3.8) is 0 Å². The van der Waals surface area contributed by atoms with Crippen LogP contribution in [0.4, 0.5) is 4.39 Å². The van der Waals surface area contributed by atoms with E-state index in [0.29, 0.717) is 12.5 Å². The fourth-order valence-corrected chi connectivity index (χ4v) is 2.79. The molecule has 0 aromatic heterocycles. The lowest BCUT2D eigenvalue weighted by Gasteiger charge is -2.24. The van der Waals surface area contributed by atoms with E-state index < -0.39 is 0 Å². The van der Waals surface area contributed by atoms with Crippen molar-refractivity contribution in [3.05, 3.63) is 35.6 Å². The van der Waals surface area contributed by atoms with Gasteiger partial charge in [-0.1, -0.05) is 39.3 Å². The number of rotatable bonds is 10. The molecule has 0 heterocycles. The van der Waals surface area contributed by atoms with Gasteiger partial charge in [-0.2, -0.15) is 0 Å². The third kappa shape index (κ3) is 7.86. The lowest BCUT2D eigenvalue weighted by molar-refractivity contribution is 0.251. The summed E-state index contributed by atoms with van der Waals surface area (Å²) in [7, 11) is 0. The molecule has 1 unspecified atom stereocenters. The third-order valence-electron chi connectivity index (χ3n) is 4.39. The van der Waals surface area contributed by atoms with Crippen LogP contribution in [-0.4, -0.2) is 37.3 Å². The van der Waals surface area contributed by atoms with Crippen molar-refractivity contribution in [2.75, 3.05) is 26.2 Å². The SMILES string of the molecule is CCCC(CCO)CNC(=NCC(C)(C)c1ccc(F)cc1)NCC. The molecule has 1 atom stereocenters. The Labute approximate surface area is 151 Å². The standard InChI is InChI=1S/C20H34FN3O/c1-5-7-16(12-13-25)14-23-19(22-6-2)24-15-20(3,4)17-8-10-18(21)11-9-17/h8-11,16,25H,5-7,12-15H2,1-4H3,(H2,22,23,24). The number of nitrogens with one attached hydrogen (secondary N) is 2. The molecule has 0 radical (unpaired) electrons. The first kappa shape index (κ1) is 21.4. The van der Waals surface area contributed by atoms with E-state index in [0.717, 1.165) is 43.9 Å². The molecule has 0 aliphatic rings. The summed E-state index contributed by atoms with van der Waals surface area (Å²) in [6.45, 7) is 10.8. The molecule has 0 aliphatic carbocycles. The number of aliphatic imine (C=N–C) groups is 1. The molecular weight excluding hydrogens is 317 g/mol. The Hall–Kier alpha value is -1.62. The van der Waals surface area contributed by atoms with Crippen LogP contribution in [0.2, 0.25) is 0 Å². The highest BCUT2D eigenvalue weighted by Crippen LogP contribution is 2.23. The van der Waals surface area contributed by atoms with E-state index in [4.69, 9.17) is 4.99 Å². The Morgan fingerprint density at radius 2 is 1.84 bits per heavy atom. The maximum atomic E-state index is 13.1. The van der Waals surface area contributed by atoms with Crippen LogP contribution < -0.4 is 10.6 Å². The van der Waals surface area contributed by atoms with E-state index in [1.165, 1.54) is 12.1 Å². The monoisotopic (exact) mass is 351 g/mol. The van der Waals surface area contributed by atoms with Crippen molar-refractivity contribution in [2.24, 2.45) is 10.9 Å². The van der Waals surface area contributed by atoms with Crippen molar-refractivity contribution < 1.29 is 9.50 Å². The molecule has 0 aliphatic heterocycles. The van der Waals surface area contributed by atoms with Gasteiger partial charge in [-0.25, -0.2) is 4.39 Å². The van der Waals surface area contributed by atoms with Gasteiger partial charge in [0.1, 0.15) is 5.82 Å². The maximum Gasteiger partial charge on any atom is 0.191 e. The summed E-state index contributed by atoms with van der Waals surface area (Å²) in [5.74, 6) is 1.02. The second kappa shape index (κ2) is 11.1. The van der Waals surface area contributed by atoms with Crippen LogP contribution in [0.25, 0.3) is 0 Å². The van der Waals surface area contributed by atoms with Crippen LogP contribution in [0.5, 0.6) is 0 Å². The average Bonchev–Trinajstić information content (AvgIpc) is 2.58. The highest BCUT2D eigenvalue weighted by molar-refractivity contribution is 5.79. The molecule has 1 aromatic rings. The molecule has 4 nitrogen and oxygen atoms in total. The molecule has 25 heavy (non-hydrogen) atoms. The quantitative estimate of drug-likeness (QED) is 0.447. The largest absolute Gasteiger partial charge is 0.396 e. The van der Waals surface area contributed by atoms with Gasteiger partial charge in [-0.3, -0.25) is 4.99 Å². The molecule has 3 N–H and O–H groups in total.